The molecular formula is C31H33CoN3O4. The first-order valence-electron chi connectivity index (χ1n) is 12.1. The Hall–Kier alpha value is -4.14. The average molecular weight is 571 g/mol. The zero-order valence-electron chi connectivity index (χ0n) is 22.4. The topological polar surface area (TPSA) is 107 Å². The van der Waals surface area contributed by atoms with Crippen molar-refractivity contribution in [2.45, 2.75) is 18.8 Å². The van der Waals surface area contributed by atoms with E-state index in [1.54, 1.807) is 13.2 Å². The fraction of sp³-hybridized carbons (Fsp3) is 0.194. The summed E-state index contributed by atoms with van der Waals surface area (Å²) in [5.74, 6) is -0.0739. The number of benzene rings is 3. The maximum atomic E-state index is 11.0. The summed E-state index contributed by atoms with van der Waals surface area (Å²) in [5.41, 5.74) is 5.60. The van der Waals surface area contributed by atoms with Gasteiger partial charge in [0.05, 0.1) is 19.8 Å². The number of nitrogens with one attached hydrogen (secondary N) is 2. The van der Waals surface area contributed by atoms with E-state index in [1.807, 2.05) is 18.2 Å². The number of rotatable bonds is 7. The number of carbonyl (C=O) groups excluding carboxylic acids is 1. The number of allylic oxidation sites excluding steroid dienone is 4. The van der Waals surface area contributed by atoms with Gasteiger partial charge in [-0.2, -0.15) is 0 Å². The number of anilines is 1. The summed E-state index contributed by atoms with van der Waals surface area (Å²) in [7, 11) is 5.11. The molecule has 39 heavy (non-hydrogen) atoms. The SMILES string of the molecule is COC(=O)c1ccc(C(=N)O)cc1.COc1ccc2c(c1)C(C)(Cc1ccccc1)/C(=C/C=C/C=N)N2C.[Co]. The van der Waals surface area contributed by atoms with Gasteiger partial charge in [-0.05, 0) is 79.1 Å². The molecule has 3 aromatic carbocycles. The van der Waals surface area contributed by atoms with Crippen molar-refractivity contribution in [2.24, 2.45) is 0 Å². The number of esters is 1. The fourth-order valence-electron chi connectivity index (χ4n) is 4.58. The van der Waals surface area contributed by atoms with E-state index in [9.17, 15) is 4.79 Å². The Balaban J connectivity index is 0.000000324. The van der Waals surface area contributed by atoms with Gasteiger partial charge in [0.25, 0.3) is 0 Å². The molecule has 0 fully saturated rings. The first kappa shape index (κ1) is 31.1. The van der Waals surface area contributed by atoms with E-state index in [4.69, 9.17) is 20.7 Å². The molecule has 0 bridgehead atoms. The van der Waals surface area contributed by atoms with Gasteiger partial charge in [0, 0.05) is 52.4 Å². The number of hydrogen-bond donors (Lipinski definition) is 3. The first-order valence-corrected chi connectivity index (χ1v) is 12.1. The molecule has 3 aromatic rings. The fourth-order valence-corrected chi connectivity index (χ4v) is 4.58. The van der Waals surface area contributed by atoms with Crippen LogP contribution < -0.4 is 9.64 Å². The van der Waals surface area contributed by atoms with Crippen LogP contribution in [0.5, 0.6) is 5.75 Å². The third-order valence-corrected chi connectivity index (χ3v) is 6.53. The van der Waals surface area contributed by atoms with Gasteiger partial charge >= 0.3 is 5.97 Å². The maximum Gasteiger partial charge on any atom is 0.337 e. The summed E-state index contributed by atoms with van der Waals surface area (Å²) in [6.45, 7) is 2.28. The van der Waals surface area contributed by atoms with Crippen molar-refractivity contribution in [1.82, 2.24) is 0 Å². The van der Waals surface area contributed by atoms with Crippen LogP contribution in [-0.4, -0.2) is 44.5 Å². The molecule has 1 atom stereocenters. The Kier molecular flexibility index (Phi) is 11.3. The van der Waals surface area contributed by atoms with Crippen LogP contribution in [0.15, 0.2) is 96.7 Å². The number of hydrogen-bond acceptors (Lipinski definition) is 6. The molecule has 0 aliphatic carbocycles. The van der Waals surface area contributed by atoms with Crippen molar-refractivity contribution in [3.8, 4) is 5.75 Å². The summed E-state index contributed by atoms with van der Waals surface area (Å²) in [6.07, 6.45) is 8.00. The minimum Gasteiger partial charge on any atom is -0.497 e. The summed E-state index contributed by atoms with van der Waals surface area (Å²) in [4.78, 5) is 13.2. The van der Waals surface area contributed by atoms with Gasteiger partial charge in [0.15, 0.2) is 0 Å². The van der Waals surface area contributed by atoms with E-state index in [-0.39, 0.29) is 22.2 Å². The van der Waals surface area contributed by atoms with Crippen molar-refractivity contribution < 1.29 is 36.2 Å². The third-order valence-electron chi connectivity index (χ3n) is 6.53. The largest absolute Gasteiger partial charge is 0.497 e. The van der Waals surface area contributed by atoms with Crippen LogP contribution >= 0.6 is 0 Å². The van der Waals surface area contributed by atoms with E-state index in [0.29, 0.717) is 11.1 Å². The second kappa shape index (κ2) is 14.1. The van der Waals surface area contributed by atoms with Crippen LogP contribution in [0.4, 0.5) is 5.69 Å². The summed E-state index contributed by atoms with van der Waals surface area (Å²) in [6, 6.07) is 22.8. The van der Waals surface area contributed by atoms with Crippen molar-refractivity contribution in [1.29, 1.82) is 10.8 Å². The van der Waals surface area contributed by atoms with Crippen LogP contribution in [0.25, 0.3) is 0 Å². The summed E-state index contributed by atoms with van der Waals surface area (Å²) >= 11 is 0. The summed E-state index contributed by atoms with van der Waals surface area (Å²) in [5, 5.41) is 22.9. The van der Waals surface area contributed by atoms with Crippen molar-refractivity contribution in [2.75, 3.05) is 26.2 Å². The molecule has 1 unspecified atom stereocenters. The third kappa shape index (κ3) is 7.25. The molecule has 0 amide bonds. The standard InChI is InChI=1S/C22H24N2O.C9H9NO3.Co/c1-22(16-17-9-5-4-6-10-17)19-15-18(25-3)12-13-20(19)24(2)21(22)11-7-8-14-23;1-13-9(12)7-4-2-6(3-5-7)8(10)11;/h4-15,23H,16H2,1-3H3;2-5H,1H3,(H2,10,11);/b8-7+,21-11-,23-14?;;. The Morgan fingerprint density at radius 2 is 1.64 bits per heavy atom. The number of likely N-dealkylation sites (N-methyl/N-ethyl adjacent to an activating group) is 1. The van der Waals surface area contributed by atoms with E-state index in [1.165, 1.54) is 60.1 Å². The van der Waals surface area contributed by atoms with Gasteiger partial charge in [-0.1, -0.05) is 36.4 Å². The van der Waals surface area contributed by atoms with Gasteiger partial charge in [-0.25, -0.2) is 4.79 Å². The Morgan fingerprint density at radius 1 is 1.00 bits per heavy atom. The van der Waals surface area contributed by atoms with Crippen LogP contribution in [0.1, 0.15) is 34.0 Å². The molecule has 8 heteroatoms. The second-order valence-corrected chi connectivity index (χ2v) is 8.96. The van der Waals surface area contributed by atoms with E-state index >= 15 is 0 Å². The number of aliphatic hydroxyl groups excluding tert-OH is 1. The molecule has 3 N–H and O–H groups in total. The van der Waals surface area contributed by atoms with Crippen molar-refractivity contribution in [3.05, 3.63) is 119 Å². The smallest absolute Gasteiger partial charge is 0.337 e. The molecule has 1 heterocycles. The quantitative estimate of drug-likeness (QED) is 0.181. The molecule has 4 rings (SSSR count). The molecule has 1 radical (unpaired) electrons. The van der Waals surface area contributed by atoms with Crippen LogP contribution in [0.2, 0.25) is 0 Å². The van der Waals surface area contributed by atoms with E-state index in [2.05, 4.69) is 66.1 Å². The summed E-state index contributed by atoms with van der Waals surface area (Å²) < 4.78 is 9.95. The molecule has 0 saturated heterocycles. The van der Waals surface area contributed by atoms with Gasteiger partial charge in [-0.3, -0.25) is 5.41 Å². The maximum absolute atomic E-state index is 11.0. The number of fused-ring (bicyclic) bond motifs is 1. The van der Waals surface area contributed by atoms with Gasteiger partial charge in [0.2, 0.25) is 5.90 Å². The molecule has 205 valence electrons. The number of nitrogens with zero attached hydrogens (tertiary/aromatic N) is 1. The van der Waals surface area contributed by atoms with Crippen LogP contribution in [0.3, 0.4) is 0 Å². The molecule has 1 aliphatic rings. The minimum atomic E-state index is -0.517. The molecule has 0 spiro atoms. The zero-order valence-corrected chi connectivity index (χ0v) is 23.4. The number of aliphatic hydroxyl groups is 1. The average Bonchev–Trinajstić information content (AvgIpc) is 3.14. The predicted octanol–water partition coefficient (Wildman–Crippen LogP) is 6.09. The van der Waals surface area contributed by atoms with Crippen molar-refractivity contribution >= 4 is 23.8 Å². The molecule has 7 nitrogen and oxygen atoms in total. The number of ether oxygens (including phenoxy) is 2. The predicted molar refractivity (Wildman–Crippen MR) is 152 cm³/mol. The Bertz CT molecular complexity index is 1350. The van der Waals surface area contributed by atoms with Gasteiger partial charge < -0.3 is 24.9 Å². The van der Waals surface area contributed by atoms with E-state index < -0.39 is 11.9 Å². The normalized spacial score (nSPS) is 16.5. The number of carbonyl (C=O) groups is 1. The molecule has 1 aliphatic heterocycles. The van der Waals surface area contributed by atoms with Crippen molar-refractivity contribution in [3.63, 3.8) is 0 Å². The zero-order chi connectivity index (χ0) is 27.7. The molecule has 0 saturated carbocycles. The monoisotopic (exact) mass is 570 g/mol. The second-order valence-electron chi connectivity index (χ2n) is 8.96. The Labute approximate surface area is 240 Å². The van der Waals surface area contributed by atoms with Gasteiger partial charge in [0.1, 0.15) is 5.75 Å². The minimum absolute atomic E-state index is 0. The molecule has 0 aromatic heterocycles. The van der Waals surface area contributed by atoms with Crippen LogP contribution in [0, 0.1) is 10.8 Å². The number of methoxy groups -OCH3 is 2. The van der Waals surface area contributed by atoms with Gasteiger partial charge in [-0.15, -0.1) is 0 Å². The first-order chi connectivity index (χ1) is 18.2. The Morgan fingerprint density at radius 3 is 2.21 bits per heavy atom. The molecular weight excluding hydrogens is 537 g/mol. The van der Waals surface area contributed by atoms with E-state index in [0.717, 1.165) is 12.2 Å². The van der Waals surface area contributed by atoms with Crippen LogP contribution in [-0.2, 0) is 33.4 Å².